The molecule has 0 aromatic heterocycles. The molecule has 1 saturated carbocycles. The zero-order valence-electron chi connectivity index (χ0n) is 9.01. The fourth-order valence-corrected chi connectivity index (χ4v) is 1.36. The maximum absolute atomic E-state index is 8.83. The molecule has 0 unspecified atom stereocenters. The van der Waals surface area contributed by atoms with E-state index in [1.165, 1.54) is 19.4 Å². The van der Waals surface area contributed by atoms with Crippen LogP contribution in [-0.2, 0) is 0 Å². The highest BCUT2D eigenvalue weighted by molar-refractivity contribution is 4.92. The molecule has 2 heteroatoms. The fraction of sp³-hybridized carbons (Fsp3) is 0.909. The van der Waals surface area contributed by atoms with Crippen molar-refractivity contribution in [3.8, 4) is 6.07 Å². The quantitative estimate of drug-likeness (QED) is 0.649. The summed E-state index contributed by atoms with van der Waals surface area (Å²) < 4.78 is 0. The van der Waals surface area contributed by atoms with Crippen LogP contribution in [0.15, 0.2) is 0 Å². The minimum atomic E-state index is -0.155. The third kappa shape index (κ3) is 4.28. The van der Waals surface area contributed by atoms with E-state index >= 15 is 0 Å². The molecular weight excluding hydrogens is 160 g/mol. The van der Waals surface area contributed by atoms with E-state index in [0.29, 0.717) is 0 Å². The molecule has 0 atom stereocenters. The van der Waals surface area contributed by atoms with Crippen molar-refractivity contribution in [2.45, 2.75) is 33.1 Å². The Balaban J connectivity index is 2.13. The van der Waals surface area contributed by atoms with E-state index in [4.69, 9.17) is 5.26 Å². The molecule has 74 valence electrons. The molecule has 0 bridgehead atoms. The second-order valence-corrected chi connectivity index (χ2v) is 4.95. The Morgan fingerprint density at radius 1 is 1.46 bits per heavy atom. The molecule has 1 fully saturated rings. The zero-order valence-corrected chi connectivity index (χ0v) is 9.01. The van der Waals surface area contributed by atoms with Gasteiger partial charge in [-0.15, -0.1) is 0 Å². The lowest BCUT2D eigenvalue weighted by Gasteiger charge is -2.21. The SMILES string of the molecule is CN(CCC(C)(C)C#N)CC1CC1. The topological polar surface area (TPSA) is 27.0 Å². The molecule has 0 aliphatic heterocycles. The van der Waals surface area contributed by atoms with E-state index in [1.807, 2.05) is 13.8 Å². The van der Waals surface area contributed by atoms with Crippen LogP contribution in [0.5, 0.6) is 0 Å². The monoisotopic (exact) mass is 180 g/mol. The van der Waals surface area contributed by atoms with Crippen LogP contribution in [0, 0.1) is 22.7 Å². The van der Waals surface area contributed by atoms with Crippen LogP contribution in [-0.4, -0.2) is 25.0 Å². The van der Waals surface area contributed by atoms with Gasteiger partial charge in [-0.05, 0) is 52.6 Å². The molecule has 0 saturated heterocycles. The summed E-state index contributed by atoms with van der Waals surface area (Å²) >= 11 is 0. The van der Waals surface area contributed by atoms with E-state index in [0.717, 1.165) is 18.9 Å². The first-order valence-electron chi connectivity index (χ1n) is 5.13. The molecular formula is C11H20N2. The van der Waals surface area contributed by atoms with Crippen molar-refractivity contribution < 1.29 is 0 Å². The molecule has 0 spiro atoms. The van der Waals surface area contributed by atoms with E-state index in [-0.39, 0.29) is 5.41 Å². The molecule has 2 nitrogen and oxygen atoms in total. The highest BCUT2D eigenvalue weighted by Crippen LogP contribution is 2.29. The average Bonchev–Trinajstić information content (AvgIpc) is 2.85. The van der Waals surface area contributed by atoms with E-state index < -0.39 is 0 Å². The lowest BCUT2D eigenvalue weighted by atomic mass is 9.91. The lowest BCUT2D eigenvalue weighted by molar-refractivity contribution is 0.277. The summed E-state index contributed by atoms with van der Waals surface area (Å²) in [5.41, 5.74) is -0.155. The average molecular weight is 180 g/mol. The molecule has 0 aromatic rings. The second kappa shape index (κ2) is 4.11. The van der Waals surface area contributed by atoms with Crippen LogP contribution in [0.1, 0.15) is 33.1 Å². The maximum atomic E-state index is 8.83. The third-order valence-electron chi connectivity index (χ3n) is 2.69. The van der Waals surface area contributed by atoms with Crippen molar-refractivity contribution in [1.29, 1.82) is 5.26 Å². The van der Waals surface area contributed by atoms with Crippen LogP contribution in [0.2, 0.25) is 0 Å². The van der Waals surface area contributed by atoms with E-state index in [1.54, 1.807) is 0 Å². The molecule has 0 heterocycles. The normalized spacial score (nSPS) is 17.5. The van der Waals surface area contributed by atoms with Crippen LogP contribution in [0.25, 0.3) is 0 Å². The number of nitrogens with zero attached hydrogens (tertiary/aromatic N) is 2. The number of hydrogen-bond donors (Lipinski definition) is 0. The minimum Gasteiger partial charge on any atom is -0.306 e. The number of rotatable bonds is 5. The van der Waals surface area contributed by atoms with Gasteiger partial charge >= 0.3 is 0 Å². The summed E-state index contributed by atoms with van der Waals surface area (Å²) in [6, 6.07) is 2.34. The summed E-state index contributed by atoms with van der Waals surface area (Å²) in [6.07, 6.45) is 3.80. The molecule has 1 aliphatic carbocycles. The molecule has 0 aromatic carbocycles. The summed E-state index contributed by atoms with van der Waals surface area (Å²) in [6.45, 7) is 6.30. The van der Waals surface area contributed by atoms with Gasteiger partial charge in [0.2, 0.25) is 0 Å². The highest BCUT2D eigenvalue weighted by Gasteiger charge is 2.24. The molecule has 0 N–H and O–H groups in total. The van der Waals surface area contributed by atoms with Gasteiger partial charge < -0.3 is 4.90 Å². The van der Waals surface area contributed by atoms with Gasteiger partial charge in [0.15, 0.2) is 0 Å². The summed E-state index contributed by atoms with van der Waals surface area (Å²) in [5.74, 6) is 0.954. The summed E-state index contributed by atoms with van der Waals surface area (Å²) in [7, 11) is 2.16. The van der Waals surface area contributed by atoms with Gasteiger partial charge in [0.1, 0.15) is 0 Å². The largest absolute Gasteiger partial charge is 0.306 e. The van der Waals surface area contributed by atoms with Crippen molar-refractivity contribution >= 4 is 0 Å². The molecule has 1 aliphatic rings. The van der Waals surface area contributed by atoms with Crippen molar-refractivity contribution in [2.24, 2.45) is 11.3 Å². The van der Waals surface area contributed by atoms with Crippen molar-refractivity contribution in [1.82, 2.24) is 4.90 Å². The maximum Gasteiger partial charge on any atom is 0.0684 e. The van der Waals surface area contributed by atoms with Gasteiger partial charge in [0, 0.05) is 6.54 Å². The standard InChI is InChI=1S/C11H20N2/c1-11(2,9-12)6-7-13(3)8-10-4-5-10/h10H,4-8H2,1-3H3. The van der Waals surface area contributed by atoms with Crippen LogP contribution < -0.4 is 0 Å². The fourth-order valence-electron chi connectivity index (χ4n) is 1.36. The smallest absolute Gasteiger partial charge is 0.0684 e. The first-order valence-corrected chi connectivity index (χ1v) is 5.13. The Bertz CT molecular complexity index is 199. The van der Waals surface area contributed by atoms with Crippen LogP contribution >= 0.6 is 0 Å². The second-order valence-electron chi connectivity index (χ2n) is 4.95. The van der Waals surface area contributed by atoms with Crippen molar-refractivity contribution in [2.75, 3.05) is 20.1 Å². The predicted molar refractivity (Wildman–Crippen MR) is 54.2 cm³/mol. The zero-order chi connectivity index (χ0) is 9.90. The first kappa shape index (κ1) is 10.5. The van der Waals surface area contributed by atoms with Gasteiger partial charge in [-0.25, -0.2) is 0 Å². The van der Waals surface area contributed by atoms with Gasteiger partial charge in [-0.1, -0.05) is 0 Å². The number of nitriles is 1. The third-order valence-corrected chi connectivity index (χ3v) is 2.69. The lowest BCUT2D eigenvalue weighted by Crippen LogP contribution is -2.26. The number of hydrogen-bond acceptors (Lipinski definition) is 2. The molecule has 0 amide bonds. The Kier molecular flexibility index (Phi) is 3.33. The van der Waals surface area contributed by atoms with Crippen molar-refractivity contribution in [3.63, 3.8) is 0 Å². The van der Waals surface area contributed by atoms with E-state index in [2.05, 4.69) is 18.0 Å². The highest BCUT2D eigenvalue weighted by atomic mass is 15.1. The Labute approximate surface area is 81.5 Å². The van der Waals surface area contributed by atoms with Gasteiger partial charge in [0.25, 0.3) is 0 Å². The van der Waals surface area contributed by atoms with E-state index in [9.17, 15) is 0 Å². The van der Waals surface area contributed by atoms with Crippen LogP contribution in [0.3, 0.4) is 0 Å². The van der Waals surface area contributed by atoms with Gasteiger partial charge in [0.05, 0.1) is 11.5 Å². The van der Waals surface area contributed by atoms with Gasteiger partial charge in [-0.2, -0.15) is 5.26 Å². The summed E-state index contributed by atoms with van der Waals surface area (Å²) in [5, 5.41) is 8.83. The Morgan fingerprint density at radius 3 is 2.54 bits per heavy atom. The molecule has 13 heavy (non-hydrogen) atoms. The summed E-state index contributed by atoms with van der Waals surface area (Å²) in [4.78, 5) is 2.36. The predicted octanol–water partition coefficient (Wildman–Crippen LogP) is 2.27. The molecule has 0 radical (unpaired) electrons. The Morgan fingerprint density at radius 2 is 2.08 bits per heavy atom. The van der Waals surface area contributed by atoms with Gasteiger partial charge in [-0.3, -0.25) is 0 Å². The first-order chi connectivity index (χ1) is 6.03. The van der Waals surface area contributed by atoms with Crippen LogP contribution in [0.4, 0.5) is 0 Å². The van der Waals surface area contributed by atoms with Crippen molar-refractivity contribution in [3.05, 3.63) is 0 Å². The molecule has 1 rings (SSSR count). The minimum absolute atomic E-state index is 0.155. The Hall–Kier alpha value is -0.550.